The minimum Gasteiger partial charge on any atom is -0.363 e. The van der Waals surface area contributed by atoms with Crippen molar-refractivity contribution < 1.29 is 9.59 Å². The van der Waals surface area contributed by atoms with E-state index in [0.717, 1.165) is 56.7 Å². The number of nitrogens with zero attached hydrogens (tertiary/aromatic N) is 4. The lowest BCUT2D eigenvalue weighted by Gasteiger charge is -2.34. The zero-order valence-electron chi connectivity index (χ0n) is 15.8. The lowest BCUT2D eigenvalue weighted by atomic mass is 9.97. The molecule has 2 aliphatic heterocycles. The molecule has 1 aromatic rings. The summed E-state index contributed by atoms with van der Waals surface area (Å²) in [5.74, 6) is 0.786. The van der Waals surface area contributed by atoms with Crippen LogP contribution in [0.25, 0.3) is 0 Å². The molecule has 1 atom stereocenters. The fourth-order valence-corrected chi connectivity index (χ4v) is 3.62. The molecule has 0 aromatic carbocycles. The van der Waals surface area contributed by atoms with Crippen LogP contribution in [-0.4, -0.2) is 67.0 Å². The van der Waals surface area contributed by atoms with Gasteiger partial charge in [-0.05, 0) is 43.4 Å². The molecular weight excluding hydrogens is 330 g/mol. The molecule has 3 rings (SSSR count). The molecule has 0 saturated carbocycles. The van der Waals surface area contributed by atoms with E-state index in [9.17, 15) is 9.59 Å². The van der Waals surface area contributed by atoms with Gasteiger partial charge >= 0.3 is 6.03 Å². The molecule has 0 unspecified atom stereocenters. The fourth-order valence-electron chi connectivity index (χ4n) is 3.62. The van der Waals surface area contributed by atoms with Gasteiger partial charge in [-0.25, -0.2) is 9.78 Å². The maximum atomic E-state index is 12.6. The first-order valence-corrected chi connectivity index (χ1v) is 9.48. The number of rotatable bonds is 4. The van der Waals surface area contributed by atoms with Crippen molar-refractivity contribution in [2.24, 2.45) is 5.92 Å². The quantitative estimate of drug-likeness (QED) is 0.888. The van der Waals surface area contributed by atoms with Crippen molar-refractivity contribution in [3.8, 4) is 0 Å². The Balaban J connectivity index is 1.52. The number of amides is 3. The van der Waals surface area contributed by atoms with E-state index in [1.807, 2.05) is 40.9 Å². The highest BCUT2D eigenvalue weighted by Crippen LogP contribution is 2.20. The van der Waals surface area contributed by atoms with Gasteiger partial charge in [-0.3, -0.25) is 4.79 Å². The average Bonchev–Trinajstić information content (AvgIpc) is 3.20. The summed E-state index contributed by atoms with van der Waals surface area (Å²) in [6.45, 7) is 3.47. The maximum absolute atomic E-state index is 12.6. The van der Waals surface area contributed by atoms with Crippen LogP contribution in [0, 0.1) is 5.92 Å². The van der Waals surface area contributed by atoms with E-state index in [4.69, 9.17) is 0 Å². The molecule has 1 aromatic heterocycles. The molecule has 0 radical (unpaired) electrons. The Labute approximate surface area is 155 Å². The number of aromatic nitrogens is 1. The molecular formula is C19H29N5O2. The first kappa shape index (κ1) is 18.5. The minimum atomic E-state index is -0.120. The van der Waals surface area contributed by atoms with Crippen LogP contribution in [0.3, 0.4) is 0 Å². The Morgan fingerprint density at radius 1 is 1.19 bits per heavy atom. The molecule has 26 heavy (non-hydrogen) atoms. The predicted octanol–water partition coefficient (Wildman–Crippen LogP) is 1.69. The van der Waals surface area contributed by atoms with Crippen LogP contribution < -0.4 is 10.2 Å². The maximum Gasteiger partial charge on any atom is 0.320 e. The number of likely N-dealkylation sites (tertiary alicyclic amines) is 2. The van der Waals surface area contributed by atoms with Crippen molar-refractivity contribution in [3.63, 3.8) is 0 Å². The molecule has 3 heterocycles. The Hall–Kier alpha value is -2.31. The van der Waals surface area contributed by atoms with Crippen molar-refractivity contribution in [2.75, 3.05) is 45.2 Å². The van der Waals surface area contributed by atoms with E-state index >= 15 is 0 Å². The standard InChI is InChI=1S/C19H29N5O2/c1-22(2)17-12-15(7-8-20-17)13-21-18(25)16-6-5-11-24(14-16)19(26)23-9-3-4-10-23/h7-8,12,16H,3-6,9-11,13-14H2,1-2H3,(H,21,25)/t16-/m1/s1. The predicted molar refractivity (Wildman–Crippen MR) is 101 cm³/mol. The van der Waals surface area contributed by atoms with Crippen LogP contribution in [0.15, 0.2) is 18.3 Å². The van der Waals surface area contributed by atoms with E-state index in [2.05, 4.69) is 10.3 Å². The third-order valence-corrected chi connectivity index (χ3v) is 5.17. The lowest BCUT2D eigenvalue weighted by Crippen LogP contribution is -2.49. The second-order valence-corrected chi connectivity index (χ2v) is 7.40. The summed E-state index contributed by atoms with van der Waals surface area (Å²) in [7, 11) is 3.89. The van der Waals surface area contributed by atoms with Crippen molar-refractivity contribution in [2.45, 2.75) is 32.2 Å². The molecule has 7 heteroatoms. The molecule has 2 aliphatic rings. The van der Waals surface area contributed by atoms with Gasteiger partial charge in [0.1, 0.15) is 5.82 Å². The zero-order valence-corrected chi connectivity index (χ0v) is 15.8. The van der Waals surface area contributed by atoms with Crippen LogP contribution in [0.1, 0.15) is 31.2 Å². The van der Waals surface area contributed by atoms with Gasteiger partial charge in [-0.1, -0.05) is 0 Å². The number of hydrogen-bond acceptors (Lipinski definition) is 4. The number of carbonyl (C=O) groups excluding carboxylic acids is 2. The summed E-state index contributed by atoms with van der Waals surface area (Å²) < 4.78 is 0. The van der Waals surface area contributed by atoms with Gasteiger partial charge in [0.05, 0.1) is 5.92 Å². The Morgan fingerprint density at radius 3 is 2.65 bits per heavy atom. The van der Waals surface area contributed by atoms with Crippen LogP contribution >= 0.6 is 0 Å². The molecule has 7 nitrogen and oxygen atoms in total. The molecule has 0 bridgehead atoms. The van der Waals surface area contributed by atoms with Crippen molar-refractivity contribution in [3.05, 3.63) is 23.9 Å². The highest BCUT2D eigenvalue weighted by atomic mass is 16.2. The fraction of sp³-hybridized carbons (Fsp3) is 0.632. The number of anilines is 1. The van der Waals surface area contributed by atoms with Gasteiger partial charge in [0.2, 0.25) is 5.91 Å². The van der Waals surface area contributed by atoms with Crippen LogP contribution in [0.4, 0.5) is 10.6 Å². The second kappa shape index (κ2) is 8.38. The third kappa shape index (κ3) is 4.45. The first-order valence-electron chi connectivity index (χ1n) is 9.48. The summed E-state index contributed by atoms with van der Waals surface area (Å²) in [6.07, 6.45) is 5.66. The second-order valence-electron chi connectivity index (χ2n) is 7.40. The van der Waals surface area contributed by atoms with Crippen molar-refractivity contribution >= 4 is 17.8 Å². The Kier molecular flexibility index (Phi) is 5.96. The number of carbonyl (C=O) groups is 2. The Bertz CT molecular complexity index is 643. The normalized spacial score (nSPS) is 20.2. The topological polar surface area (TPSA) is 68.8 Å². The highest BCUT2D eigenvalue weighted by Gasteiger charge is 2.31. The van der Waals surface area contributed by atoms with Gasteiger partial charge < -0.3 is 20.0 Å². The number of pyridine rings is 1. The summed E-state index contributed by atoms with van der Waals surface area (Å²) in [5, 5.41) is 3.03. The Morgan fingerprint density at radius 2 is 1.92 bits per heavy atom. The van der Waals surface area contributed by atoms with E-state index in [0.29, 0.717) is 13.1 Å². The summed E-state index contributed by atoms with van der Waals surface area (Å²) in [5.41, 5.74) is 1.03. The molecule has 142 valence electrons. The lowest BCUT2D eigenvalue weighted by molar-refractivity contribution is -0.126. The summed E-state index contributed by atoms with van der Waals surface area (Å²) in [6, 6.07) is 3.99. The van der Waals surface area contributed by atoms with E-state index in [1.165, 1.54) is 0 Å². The average molecular weight is 359 g/mol. The van der Waals surface area contributed by atoms with Gasteiger partial charge in [0, 0.05) is 53.0 Å². The summed E-state index contributed by atoms with van der Waals surface area (Å²) >= 11 is 0. The zero-order chi connectivity index (χ0) is 18.5. The number of hydrogen-bond donors (Lipinski definition) is 1. The van der Waals surface area contributed by atoms with Crippen molar-refractivity contribution in [1.82, 2.24) is 20.1 Å². The smallest absolute Gasteiger partial charge is 0.320 e. The van der Waals surface area contributed by atoms with E-state index < -0.39 is 0 Å². The molecule has 2 saturated heterocycles. The van der Waals surface area contributed by atoms with Crippen LogP contribution in [0.2, 0.25) is 0 Å². The molecule has 1 N–H and O–H groups in total. The van der Waals surface area contributed by atoms with Crippen molar-refractivity contribution in [1.29, 1.82) is 0 Å². The SMILES string of the molecule is CN(C)c1cc(CNC(=O)[C@@H]2CCCN(C(=O)N3CCCC3)C2)ccn1. The van der Waals surface area contributed by atoms with Gasteiger partial charge in [-0.2, -0.15) is 0 Å². The largest absolute Gasteiger partial charge is 0.363 e. The molecule has 3 amide bonds. The monoisotopic (exact) mass is 359 g/mol. The minimum absolute atomic E-state index is 0.0344. The third-order valence-electron chi connectivity index (χ3n) is 5.17. The highest BCUT2D eigenvalue weighted by molar-refractivity contribution is 5.81. The van der Waals surface area contributed by atoms with E-state index in [-0.39, 0.29) is 17.9 Å². The number of nitrogens with one attached hydrogen (secondary N) is 1. The summed E-state index contributed by atoms with van der Waals surface area (Å²) in [4.78, 5) is 35.1. The molecule has 2 fully saturated rings. The first-order chi connectivity index (χ1) is 12.5. The van der Waals surface area contributed by atoms with Crippen LogP contribution in [-0.2, 0) is 11.3 Å². The number of piperidine rings is 1. The molecule has 0 spiro atoms. The number of urea groups is 1. The van der Waals surface area contributed by atoms with Crippen LogP contribution in [0.5, 0.6) is 0 Å². The van der Waals surface area contributed by atoms with Gasteiger partial charge in [0.15, 0.2) is 0 Å². The van der Waals surface area contributed by atoms with Gasteiger partial charge in [-0.15, -0.1) is 0 Å². The molecule has 0 aliphatic carbocycles. The van der Waals surface area contributed by atoms with Gasteiger partial charge in [0.25, 0.3) is 0 Å². The van der Waals surface area contributed by atoms with E-state index in [1.54, 1.807) is 6.20 Å².